The topological polar surface area (TPSA) is 78.6 Å². The molecule has 0 aliphatic rings. The van der Waals surface area contributed by atoms with Gasteiger partial charge in [-0.25, -0.2) is 13.4 Å². The van der Waals surface area contributed by atoms with Crippen LogP contribution in [0.1, 0.15) is 44.1 Å². The first kappa shape index (κ1) is 24.4. The van der Waals surface area contributed by atoms with Gasteiger partial charge in [0.1, 0.15) is 12.4 Å². The fourth-order valence-corrected chi connectivity index (χ4v) is 4.56. The maximum Gasteiger partial charge on any atom is 0.200 e. The van der Waals surface area contributed by atoms with E-state index in [0.29, 0.717) is 28.2 Å². The smallest absolute Gasteiger partial charge is 0.200 e. The van der Waals surface area contributed by atoms with Crippen molar-refractivity contribution in [3.05, 3.63) is 69.7 Å². The predicted molar refractivity (Wildman–Crippen MR) is 125 cm³/mol. The molecule has 0 N–H and O–H groups in total. The van der Waals surface area contributed by atoms with E-state index < -0.39 is 9.84 Å². The molecule has 0 unspecified atom stereocenters. The molecule has 0 bridgehead atoms. The Morgan fingerprint density at radius 2 is 1.66 bits per heavy atom. The molecule has 0 atom stereocenters. The zero-order chi connectivity index (χ0) is 23.5. The monoisotopic (exact) mass is 497 g/mol. The van der Waals surface area contributed by atoms with Crippen molar-refractivity contribution in [1.29, 1.82) is 0 Å². The molecular weight excluding hydrogens is 473 g/mol. The summed E-state index contributed by atoms with van der Waals surface area (Å²) in [5, 5.41) is 0.834. The van der Waals surface area contributed by atoms with Crippen LogP contribution in [-0.2, 0) is 21.9 Å². The summed E-state index contributed by atoms with van der Waals surface area (Å²) in [4.78, 5) is 3.75. The van der Waals surface area contributed by atoms with E-state index in [4.69, 9.17) is 37.1 Å². The predicted octanol–water partition coefficient (Wildman–Crippen LogP) is 6.08. The summed E-state index contributed by atoms with van der Waals surface area (Å²) in [5.41, 5.74) is 1.59. The molecule has 0 saturated carbocycles. The van der Waals surface area contributed by atoms with Crippen LogP contribution in [0.2, 0.25) is 10.0 Å². The first-order chi connectivity index (χ1) is 15.0. The molecular formula is C23H25Cl2NO5S. The van der Waals surface area contributed by atoms with E-state index in [-0.39, 0.29) is 22.8 Å². The normalized spacial score (nSPS) is 12.1. The maximum absolute atomic E-state index is 11.7. The van der Waals surface area contributed by atoms with Crippen LogP contribution in [0.5, 0.6) is 11.5 Å². The summed E-state index contributed by atoms with van der Waals surface area (Å²) < 4.78 is 40.0. The molecule has 0 aliphatic carbocycles. The van der Waals surface area contributed by atoms with Gasteiger partial charge in [0.05, 0.1) is 16.7 Å². The van der Waals surface area contributed by atoms with Crippen molar-refractivity contribution in [2.45, 2.75) is 44.2 Å². The van der Waals surface area contributed by atoms with E-state index >= 15 is 0 Å². The summed E-state index contributed by atoms with van der Waals surface area (Å²) >= 11 is 12.9. The van der Waals surface area contributed by atoms with Gasteiger partial charge in [0.25, 0.3) is 0 Å². The molecule has 1 aromatic heterocycles. The highest BCUT2D eigenvalue weighted by Crippen LogP contribution is 2.40. The van der Waals surface area contributed by atoms with E-state index in [2.05, 4.69) is 18.8 Å². The zero-order valence-electron chi connectivity index (χ0n) is 18.3. The average Bonchev–Trinajstić information content (AvgIpc) is 3.21. The first-order valence-electron chi connectivity index (χ1n) is 10.0. The molecule has 9 heteroatoms. The number of hydrogen-bond acceptors (Lipinski definition) is 6. The third kappa shape index (κ3) is 5.39. The largest absolute Gasteiger partial charge is 0.490 e. The molecule has 0 amide bonds. The molecule has 3 rings (SSSR count). The van der Waals surface area contributed by atoms with Crippen LogP contribution >= 0.6 is 23.2 Å². The number of oxazole rings is 1. The number of rotatable bonds is 9. The highest BCUT2D eigenvalue weighted by atomic mass is 35.5. The fourth-order valence-electron chi connectivity index (χ4n) is 3.20. The van der Waals surface area contributed by atoms with Crippen molar-refractivity contribution >= 4 is 33.0 Å². The minimum atomic E-state index is -3.48. The standard InChI is InChI=1S/C23H25Cl2NO5S/c1-5-10-29-21-18(24)11-16(12-19(21)25)23(2,3)15-6-8-17(9-7-15)30-13-20-22(26-14-31-20)32(4,27)28/h6-9,11-12,14H,5,10,13H2,1-4H3. The Hall–Kier alpha value is -2.22. The van der Waals surface area contributed by atoms with E-state index in [1.54, 1.807) is 0 Å². The molecule has 0 fully saturated rings. The van der Waals surface area contributed by atoms with Gasteiger partial charge in [-0.3, -0.25) is 0 Å². The highest BCUT2D eigenvalue weighted by Gasteiger charge is 2.26. The molecule has 3 aromatic rings. The molecule has 0 aliphatic heterocycles. The average molecular weight is 498 g/mol. The lowest BCUT2D eigenvalue weighted by molar-refractivity contribution is 0.265. The van der Waals surface area contributed by atoms with Crippen LogP contribution in [0.25, 0.3) is 0 Å². The quantitative estimate of drug-likeness (QED) is 0.356. The second-order valence-corrected chi connectivity index (χ2v) is 10.7. The number of nitrogens with zero attached hydrogens (tertiary/aromatic N) is 1. The number of ether oxygens (including phenoxy) is 2. The van der Waals surface area contributed by atoms with E-state index in [1.807, 2.05) is 43.3 Å². The summed E-state index contributed by atoms with van der Waals surface area (Å²) in [7, 11) is -3.48. The second kappa shape index (κ2) is 9.73. The van der Waals surface area contributed by atoms with Crippen LogP contribution in [0.4, 0.5) is 0 Å². The van der Waals surface area contributed by atoms with Crippen LogP contribution in [-0.4, -0.2) is 26.3 Å². The van der Waals surface area contributed by atoms with Crippen molar-refractivity contribution in [3.63, 3.8) is 0 Å². The first-order valence-corrected chi connectivity index (χ1v) is 12.7. The van der Waals surface area contributed by atoms with Crippen LogP contribution in [0.15, 0.2) is 52.2 Å². The molecule has 0 radical (unpaired) electrons. The Morgan fingerprint density at radius 1 is 1.03 bits per heavy atom. The molecule has 6 nitrogen and oxygen atoms in total. The van der Waals surface area contributed by atoms with Gasteiger partial charge in [-0.05, 0) is 41.8 Å². The Bertz CT molecular complexity index is 1160. The molecule has 0 spiro atoms. The van der Waals surface area contributed by atoms with Crippen LogP contribution < -0.4 is 9.47 Å². The summed E-state index contributed by atoms with van der Waals surface area (Å²) in [6, 6.07) is 11.3. The van der Waals surface area contributed by atoms with Gasteiger partial charge < -0.3 is 13.9 Å². The van der Waals surface area contributed by atoms with Gasteiger partial charge in [-0.15, -0.1) is 0 Å². The molecule has 1 heterocycles. The molecule has 0 saturated heterocycles. The molecule has 2 aromatic carbocycles. The number of halogens is 2. The number of hydrogen-bond donors (Lipinski definition) is 0. The Labute approximate surface area is 198 Å². The molecule has 32 heavy (non-hydrogen) atoms. The van der Waals surface area contributed by atoms with Crippen molar-refractivity contribution in [3.8, 4) is 11.5 Å². The van der Waals surface area contributed by atoms with Crippen LogP contribution in [0, 0.1) is 0 Å². The second-order valence-electron chi connectivity index (χ2n) is 7.91. The Balaban J connectivity index is 1.77. The third-order valence-electron chi connectivity index (χ3n) is 5.07. The van der Waals surface area contributed by atoms with Crippen molar-refractivity contribution in [2.24, 2.45) is 0 Å². The summed E-state index contributed by atoms with van der Waals surface area (Å²) in [5.74, 6) is 1.23. The van der Waals surface area contributed by atoms with E-state index in [9.17, 15) is 8.42 Å². The lowest BCUT2D eigenvalue weighted by Crippen LogP contribution is -2.19. The fraction of sp³-hybridized carbons (Fsp3) is 0.348. The van der Waals surface area contributed by atoms with Gasteiger partial charge >= 0.3 is 0 Å². The molecule has 172 valence electrons. The van der Waals surface area contributed by atoms with E-state index in [0.717, 1.165) is 30.2 Å². The lowest BCUT2D eigenvalue weighted by atomic mass is 9.78. The summed E-state index contributed by atoms with van der Waals surface area (Å²) in [6.45, 7) is 6.66. The summed E-state index contributed by atoms with van der Waals surface area (Å²) in [6.07, 6.45) is 3.03. The highest BCUT2D eigenvalue weighted by molar-refractivity contribution is 7.90. The van der Waals surface area contributed by atoms with Crippen molar-refractivity contribution < 1.29 is 22.3 Å². The minimum Gasteiger partial charge on any atom is -0.490 e. The van der Waals surface area contributed by atoms with Gasteiger partial charge in [0.15, 0.2) is 32.8 Å². The van der Waals surface area contributed by atoms with Gasteiger partial charge in [0, 0.05) is 11.7 Å². The van der Waals surface area contributed by atoms with Gasteiger partial charge in [-0.2, -0.15) is 0 Å². The lowest BCUT2D eigenvalue weighted by Gasteiger charge is -2.27. The zero-order valence-corrected chi connectivity index (χ0v) is 20.6. The minimum absolute atomic E-state index is 0.0461. The Kier molecular flexibility index (Phi) is 7.43. The number of aromatic nitrogens is 1. The third-order valence-corrected chi connectivity index (χ3v) is 6.67. The Morgan fingerprint density at radius 3 is 2.22 bits per heavy atom. The maximum atomic E-state index is 11.7. The van der Waals surface area contributed by atoms with E-state index in [1.165, 1.54) is 0 Å². The SMILES string of the molecule is CCCOc1c(Cl)cc(C(C)(C)c2ccc(OCc3ocnc3S(C)(=O)=O)cc2)cc1Cl. The van der Waals surface area contributed by atoms with Gasteiger partial charge in [-0.1, -0.05) is 56.1 Å². The number of sulfone groups is 1. The van der Waals surface area contributed by atoms with Crippen molar-refractivity contribution in [1.82, 2.24) is 4.98 Å². The van der Waals surface area contributed by atoms with Crippen molar-refractivity contribution in [2.75, 3.05) is 12.9 Å². The van der Waals surface area contributed by atoms with Crippen LogP contribution in [0.3, 0.4) is 0 Å². The number of benzene rings is 2. The van der Waals surface area contributed by atoms with Gasteiger partial charge in [0.2, 0.25) is 0 Å².